The maximum Gasteiger partial charge on any atom is 0.181 e. The molecule has 1 heterocycles. The van der Waals surface area contributed by atoms with Crippen molar-refractivity contribution in [1.82, 2.24) is 14.8 Å². The molecule has 1 N–H and O–H groups in total. The number of phenols is 1. The average molecular weight is 243 g/mol. The van der Waals surface area contributed by atoms with Crippen LogP contribution < -0.4 is 0 Å². The Hall–Kier alpha value is -1.84. The quantitative estimate of drug-likeness (QED) is 0.898. The predicted molar refractivity (Wildman–Crippen MR) is 69.4 cm³/mol. The normalized spacial score (nSPS) is 14.9. The van der Waals surface area contributed by atoms with E-state index in [1.54, 1.807) is 12.1 Å². The first kappa shape index (κ1) is 11.3. The largest absolute Gasteiger partial charge is 0.508 e. The number of phenolic OH excluding ortho intramolecular Hbond substituents is 1. The monoisotopic (exact) mass is 243 g/mol. The van der Waals surface area contributed by atoms with Crippen molar-refractivity contribution >= 4 is 0 Å². The third-order valence-corrected chi connectivity index (χ3v) is 3.20. The maximum atomic E-state index is 9.30. The lowest BCUT2D eigenvalue weighted by Gasteiger charge is -2.00. The van der Waals surface area contributed by atoms with E-state index in [9.17, 15) is 5.11 Å². The summed E-state index contributed by atoms with van der Waals surface area (Å²) in [4.78, 5) is 4.66. The van der Waals surface area contributed by atoms with Gasteiger partial charge in [-0.2, -0.15) is 5.10 Å². The minimum Gasteiger partial charge on any atom is -0.508 e. The smallest absolute Gasteiger partial charge is 0.181 e. The summed E-state index contributed by atoms with van der Waals surface area (Å²) < 4.78 is 2.04. The average Bonchev–Trinajstić information content (AvgIpc) is 3.13. The highest BCUT2D eigenvalue weighted by atomic mass is 16.3. The zero-order chi connectivity index (χ0) is 12.5. The van der Waals surface area contributed by atoms with E-state index in [1.165, 1.54) is 12.8 Å². The summed E-state index contributed by atoms with van der Waals surface area (Å²) in [6.45, 7) is 3.08. The van der Waals surface area contributed by atoms with Gasteiger partial charge in [0.25, 0.3) is 0 Å². The molecule has 18 heavy (non-hydrogen) atoms. The van der Waals surface area contributed by atoms with E-state index in [1.807, 2.05) is 16.8 Å². The van der Waals surface area contributed by atoms with E-state index in [0.717, 1.165) is 30.2 Å². The summed E-state index contributed by atoms with van der Waals surface area (Å²) >= 11 is 0. The Balaban J connectivity index is 1.96. The topological polar surface area (TPSA) is 50.9 Å². The SMILES string of the molecule is CCCn1nc(-c2ccc(O)cc2)nc1C1CC1. The molecule has 0 unspecified atom stereocenters. The van der Waals surface area contributed by atoms with Gasteiger partial charge in [0.2, 0.25) is 0 Å². The molecule has 0 radical (unpaired) electrons. The number of aromatic nitrogens is 3. The van der Waals surface area contributed by atoms with Gasteiger partial charge >= 0.3 is 0 Å². The molecule has 0 aliphatic heterocycles. The van der Waals surface area contributed by atoms with E-state index in [2.05, 4.69) is 17.0 Å². The van der Waals surface area contributed by atoms with Crippen LogP contribution in [0.3, 0.4) is 0 Å². The Labute approximate surface area is 106 Å². The van der Waals surface area contributed by atoms with Crippen LogP contribution in [0.4, 0.5) is 0 Å². The van der Waals surface area contributed by atoms with Crippen molar-refractivity contribution in [2.45, 2.75) is 38.6 Å². The second-order valence-corrected chi connectivity index (χ2v) is 4.84. The number of nitrogens with zero attached hydrogens (tertiary/aromatic N) is 3. The summed E-state index contributed by atoms with van der Waals surface area (Å²) in [7, 11) is 0. The van der Waals surface area contributed by atoms with Crippen LogP contribution >= 0.6 is 0 Å². The lowest BCUT2D eigenvalue weighted by Crippen LogP contribution is -2.03. The number of hydrogen-bond donors (Lipinski definition) is 1. The second-order valence-electron chi connectivity index (χ2n) is 4.84. The fraction of sp³-hybridized carbons (Fsp3) is 0.429. The predicted octanol–water partition coefficient (Wildman–Crippen LogP) is 2.94. The molecule has 1 aliphatic carbocycles. The van der Waals surface area contributed by atoms with Crippen LogP contribution in [0, 0.1) is 0 Å². The van der Waals surface area contributed by atoms with Crippen molar-refractivity contribution in [3.8, 4) is 17.1 Å². The molecule has 1 saturated carbocycles. The molecular weight excluding hydrogens is 226 g/mol. The van der Waals surface area contributed by atoms with Crippen molar-refractivity contribution in [3.63, 3.8) is 0 Å². The first-order chi connectivity index (χ1) is 8.78. The minimum atomic E-state index is 0.272. The summed E-state index contributed by atoms with van der Waals surface area (Å²) in [5.74, 6) is 2.77. The van der Waals surface area contributed by atoms with Crippen molar-refractivity contribution in [2.75, 3.05) is 0 Å². The van der Waals surface area contributed by atoms with Crippen LogP contribution in [0.5, 0.6) is 5.75 Å². The van der Waals surface area contributed by atoms with E-state index in [-0.39, 0.29) is 5.75 Å². The molecule has 0 atom stereocenters. The summed E-state index contributed by atoms with van der Waals surface area (Å²) in [5, 5.41) is 13.9. The highest BCUT2D eigenvalue weighted by Crippen LogP contribution is 2.39. The Morgan fingerprint density at radius 3 is 2.61 bits per heavy atom. The molecule has 4 nitrogen and oxygen atoms in total. The second kappa shape index (κ2) is 4.44. The van der Waals surface area contributed by atoms with Gasteiger partial charge in [-0.1, -0.05) is 6.92 Å². The highest BCUT2D eigenvalue weighted by molar-refractivity contribution is 5.55. The molecule has 1 aromatic carbocycles. The fourth-order valence-corrected chi connectivity index (χ4v) is 2.11. The molecule has 94 valence electrons. The van der Waals surface area contributed by atoms with E-state index >= 15 is 0 Å². The van der Waals surface area contributed by atoms with Gasteiger partial charge in [0, 0.05) is 18.0 Å². The zero-order valence-corrected chi connectivity index (χ0v) is 10.5. The number of rotatable bonds is 4. The molecule has 0 saturated heterocycles. The number of benzene rings is 1. The minimum absolute atomic E-state index is 0.272. The van der Waals surface area contributed by atoms with Crippen molar-refractivity contribution in [2.24, 2.45) is 0 Å². The Morgan fingerprint density at radius 1 is 1.28 bits per heavy atom. The zero-order valence-electron chi connectivity index (χ0n) is 10.5. The molecule has 4 heteroatoms. The molecule has 2 aromatic rings. The summed E-state index contributed by atoms with van der Waals surface area (Å²) in [5.41, 5.74) is 0.963. The van der Waals surface area contributed by atoms with Crippen LogP contribution in [0.2, 0.25) is 0 Å². The molecule has 1 aliphatic rings. The third-order valence-electron chi connectivity index (χ3n) is 3.20. The number of aromatic hydroxyl groups is 1. The maximum absolute atomic E-state index is 9.30. The van der Waals surface area contributed by atoms with E-state index in [0.29, 0.717) is 5.92 Å². The van der Waals surface area contributed by atoms with Crippen molar-refractivity contribution in [1.29, 1.82) is 0 Å². The Kier molecular flexibility index (Phi) is 2.78. The van der Waals surface area contributed by atoms with Gasteiger partial charge in [-0.3, -0.25) is 0 Å². The number of aryl methyl sites for hydroxylation is 1. The van der Waals surface area contributed by atoms with Crippen LogP contribution in [-0.4, -0.2) is 19.9 Å². The molecule has 0 bridgehead atoms. The van der Waals surface area contributed by atoms with Gasteiger partial charge < -0.3 is 5.11 Å². The van der Waals surface area contributed by atoms with E-state index in [4.69, 9.17) is 0 Å². The van der Waals surface area contributed by atoms with Crippen LogP contribution in [0.1, 0.15) is 37.9 Å². The van der Waals surface area contributed by atoms with Gasteiger partial charge in [-0.25, -0.2) is 9.67 Å². The first-order valence-electron chi connectivity index (χ1n) is 6.52. The molecule has 1 aromatic heterocycles. The Bertz CT molecular complexity index is 541. The third kappa shape index (κ3) is 2.10. The number of hydrogen-bond acceptors (Lipinski definition) is 3. The molecule has 3 rings (SSSR count). The van der Waals surface area contributed by atoms with Crippen molar-refractivity contribution in [3.05, 3.63) is 30.1 Å². The molecule has 1 fully saturated rings. The summed E-state index contributed by atoms with van der Waals surface area (Å²) in [6, 6.07) is 7.06. The summed E-state index contributed by atoms with van der Waals surface area (Å²) in [6.07, 6.45) is 3.53. The van der Waals surface area contributed by atoms with Crippen LogP contribution in [-0.2, 0) is 6.54 Å². The molecule has 0 spiro atoms. The van der Waals surface area contributed by atoms with Gasteiger partial charge in [-0.05, 0) is 43.5 Å². The van der Waals surface area contributed by atoms with Gasteiger partial charge in [0.1, 0.15) is 11.6 Å². The van der Waals surface area contributed by atoms with Gasteiger partial charge in [0.05, 0.1) is 0 Å². The van der Waals surface area contributed by atoms with Crippen LogP contribution in [0.25, 0.3) is 11.4 Å². The van der Waals surface area contributed by atoms with Gasteiger partial charge in [-0.15, -0.1) is 0 Å². The van der Waals surface area contributed by atoms with Crippen molar-refractivity contribution < 1.29 is 5.11 Å². The Morgan fingerprint density at radius 2 is 2.00 bits per heavy atom. The highest BCUT2D eigenvalue weighted by Gasteiger charge is 2.29. The van der Waals surface area contributed by atoms with Gasteiger partial charge in [0.15, 0.2) is 5.82 Å². The fourth-order valence-electron chi connectivity index (χ4n) is 2.11. The first-order valence-corrected chi connectivity index (χ1v) is 6.52. The standard InChI is InChI=1S/C14H17N3O/c1-2-9-17-14(11-3-4-11)15-13(16-17)10-5-7-12(18)8-6-10/h5-8,11,18H,2-4,9H2,1H3. The van der Waals surface area contributed by atoms with E-state index < -0.39 is 0 Å². The molecular formula is C14H17N3O. The molecule has 0 amide bonds. The van der Waals surface area contributed by atoms with Crippen LogP contribution in [0.15, 0.2) is 24.3 Å². The lowest BCUT2D eigenvalue weighted by atomic mass is 10.2. The lowest BCUT2D eigenvalue weighted by molar-refractivity contribution is 0.475.